The van der Waals surface area contributed by atoms with Gasteiger partial charge in [0.25, 0.3) is 5.91 Å². The Labute approximate surface area is 138 Å². The maximum Gasteiger partial charge on any atom is 0.276 e. The van der Waals surface area contributed by atoms with Crippen LogP contribution in [0.4, 0.5) is 5.13 Å². The van der Waals surface area contributed by atoms with Crippen LogP contribution in [0.3, 0.4) is 0 Å². The average molecular weight is 352 g/mol. The molecule has 0 aliphatic carbocycles. The van der Waals surface area contributed by atoms with E-state index in [9.17, 15) is 4.79 Å². The van der Waals surface area contributed by atoms with E-state index < -0.39 is 0 Å². The summed E-state index contributed by atoms with van der Waals surface area (Å²) in [5.74, 6) is -0.285. The van der Waals surface area contributed by atoms with Gasteiger partial charge in [0.1, 0.15) is 21.8 Å². The molecule has 3 aromatic rings. The Hall–Kier alpha value is -1.68. The van der Waals surface area contributed by atoms with Crippen LogP contribution in [-0.2, 0) is 4.74 Å². The van der Waals surface area contributed by atoms with Crippen LogP contribution in [0.15, 0.2) is 22.9 Å². The first-order valence-electron chi connectivity index (χ1n) is 6.34. The Bertz CT molecular complexity index is 766. The molecule has 1 unspecified atom stereocenters. The minimum Gasteiger partial charge on any atom is -0.374 e. The molecule has 0 aliphatic heterocycles. The summed E-state index contributed by atoms with van der Waals surface area (Å²) in [6.45, 7) is 1.87. The number of methoxy groups -OCH3 is 1. The average Bonchev–Trinajstić information content (AvgIpc) is 3.25. The van der Waals surface area contributed by atoms with Crippen molar-refractivity contribution in [2.45, 2.75) is 13.0 Å². The molecule has 0 aliphatic rings. The standard InChI is InChI=1S/C13H12N4O2S3/c1-7(19-2)11-16-17-13(22-11)15-10(18)8-6-21-12(14-8)9-4-3-5-20-9/h3-7H,1-2H3,(H,15,17,18). The topological polar surface area (TPSA) is 77.0 Å². The first-order chi connectivity index (χ1) is 10.7. The van der Waals surface area contributed by atoms with Crippen LogP contribution >= 0.6 is 34.0 Å². The molecule has 0 spiro atoms. The zero-order chi connectivity index (χ0) is 15.5. The van der Waals surface area contributed by atoms with Crippen LogP contribution in [0.2, 0.25) is 0 Å². The molecule has 1 N–H and O–H groups in total. The number of rotatable bonds is 5. The molecule has 0 aromatic carbocycles. The third-order valence-electron chi connectivity index (χ3n) is 2.83. The molecule has 3 aromatic heterocycles. The SMILES string of the molecule is COC(C)c1nnc(NC(=O)c2csc(-c3cccs3)n2)s1. The summed E-state index contributed by atoms with van der Waals surface area (Å²) in [4.78, 5) is 17.6. The molecule has 0 radical (unpaired) electrons. The van der Waals surface area contributed by atoms with E-state index in [1.807, 2.05) is 24.4 Å². The predicted molar refractivity (Wildman–Crippen MR) is 88.7 cm³/mol. The summed E-state index contributed by atoms with van der Waals surface area (Å²) in [5, 5.41) is 16.4. The van der Waals surface area contributed by atoms with Crippen LogP contribution in [0.5, 0.6) is 0 Å². The Morgan fingerprint density at radius 2 is 2.23 bits per heavy atom. The molecule has 22 heavy (non-hydrogen) atoms. The van der Waals surface area contributed by atoms with Crippen LogP contribution in [-0.4, -0.2) is 28.2 Å². The van der Waals surface area contributed by atoms with Crippen LogP contribution in [0.25, 0.3) is 9.88 Å². The summed E-state index contributed by atoms with van der Waals surface area (Å²) in [7, 11) is 1.60. The summed E-state index contributed by atoms with van der Waals surface area (Å²) >= 11 is 4.33. The van der Waals surface area contributed by atoms with Crippen molar-refractivity contribution in [2.75, 3.05) is 12.4 Å². The van der Waals surface area contributed by atoms with Gasteiger partial charge in [0, 0.05) is 12.5 Å². The smallest absolute Gasteiger partial charge is 0.276 e. The summed E-state index contributed by atoms with van der Waals surface area (Å²) in [6.07, 6.45) is -0.146. The summed E-state index contributed by atoms with van der Waals surface area (Å²) in [6, 6.07) is 3.94. The number of ether oxygens (including phenoxy) is 1. The molecule has 3 heterocycles. The van der Waals surface area contributed by atoms with Crippen molar-refractivity contribution in [2.24, 2.45) is 0 Å². The first kappa shape index (κ1) is 15.2. The zero-order valence-electron chi connectivity index (χ0n) is 11.8. The summed E-state index contributed by atoms with van der Waals surface area (Å²) < 4.78 is 5.17. The largest absolute Gasteiger partial charge is 0.374 e. The monoisotopic (exact) mass is 352 g/mol. The molecule has 0 saturated heterocycles. The van der Waals surface area contributed by atoms with Gasteiger partial charge in [0.05, 0.1) is 4.88 Å². The minimum atomic E-state index is -0.285. The van der Waals surface area contributed by atoms with Gasteiger partial charge in [-0.3, -0.25) is 10.1 Å². The van der Waals surface area contributed by atoms with Gasteiger partial charge in [-0.2, -0.15) is 0 Å². The maximum absolute atomic E-state index is 12.2. The molecule has 9 heteroatoms. The number of hydrogen-bond donors (Lipinski definition) is 1. The number of nitrogens with zero attached hydrogens (tertiary/aromatic N) is 3. The van der Waals surface area contributed by atoms with E-state index in [0.717, 1.165) is 14.9 Å². The fourth-order valence-corrected chi connectivity index (χ4v) is 3.98. The van der Waals surface area contributed by atoms with Crippen molar-refractivity contribution in [3.63, 3.8) is 0 Å². The van der Waals surface area contributed by atoms with E-state index >= 15 is 0 Å². The van der Waals surface area contributed by atoms with Gasteiger partial charge < -0.3 is 4.74 Å². The molecule has 0 saturated carbocycles. The lowest BCUT2D eigenvalue weighted by molar-refractivity contribution is 0.102. The second kappa shape index (κ2) is 6.61. The van der Waals surface area contributed by atoms with Gasteiger partial charge in [0.15, 0.2) is 0 Å². The highest BCUT2D eigenvalue weighted by Gasteiger charge is 2.16. The quantitative estimate of drug-likeness (QED) is 0.758. The number of hydrogen-bond acceptors (Lipinski definition) is 8. The van der Waals surface area contributed by atoms with E-state index in [1.165, 1.54) is 22.7 Å². The predicted octanol–water partition coefficient (Wildman–Crippen LogP) is 3.68. The van der Waals surface area contributed by atoms with Crippen molar-refractivity contribution >= 4 is 45.0 Å². The molecule has 6 nitrogen and oxygen atoms in total. The van der Waals surface area contributed by atoms with Crippen molar-refractivity contribution < 1.29 is 9.53 Å². The van der Waals surface area contributed by atoms with Gasteiger partial charge in [-0.25, -0.2) is 4.98 Å². The highest BCUT2D eigenvalue weighted by atomic mass is 32.1. The number of aromatic nitrogens is 3. The molecule has 3 rings (SSSR count). The molecular weight excluding hydrogens is 340 g/mol. The highest BCUT2D eigenvalue weighted by Crippen LogP contribution is 2.28. The third kappa shape index (κ3) is 3.22. The number of carbonyl (C=O) groups excluding carboxylic acids is 1. The fourth-order valence-electron chi connectivity index (χ4n) is 1.60. The van der Waals surface area contributed by atoms with Crippen molar-refractivity contribution in [1.82, 2.24) is 15.2 Å². The van der Waals surface area contributed by atoms with Crippen LogP contribution in [0.1, 0.15) is 28.5 Å². The Balaban J connectivity index is 1.71. The van der Waals surface area contributed by atoms with E-state index in [0.29, 0.717) is 10.8 Å². The highest BCUT2D eigenvalue weighted by molar-refractivity contribution is 7.20. The van der Waals surface area contributed by atoms with Gasteiger partial charge in [-0.05, 0) is 18.4 Å². The fraction of sp³-hybridized carbons (Fsp3) is 0.231. The molecular formula is C13H12N4O2S3. The molecule has 1 amide bonds. The maximum atomic E-state index is 12.2. The third-order valence-corrected chi connectivity index (χ3v) is 5.71. The van der Waals surface area contributed by atoms with Crippen molar-refractivity contribution in [1.29, 1.82) is 0 Å². The number of thiazole rings is 1. The van der Waals surface area contributed by atoms with Crippen LogP contribution in [0, 0.1) is 0 Å². The van der Waals surface area contributed by atoms with Gasteiger partial charge in [-0.15, -0.1) is 32.9 Å². The Morgan fingerprint density at radius 1 is 1.36 bits per heavy atom. The van der Waals surface area contributed by atoms with Crippen molar-refractivity contribution in [3.05, 3.63) is 33.6 Å². The number of nitrogens with one attached hydrogen (secondary N) is 1. The number of anilines is 1. The van der Waals surface area contributed by atoms with Crippen molar-refractivity contribution in [3.8, 4) is 9.88 Å². The second-order valence-electron chi connectivity index (χ2n) is 4.29. The Kier molecular flexibility index (Phi) is 4.57. The second-order valence-corrected chi connectivity index (χ2v) is 7.11. The van der Waals surface area contributed by atoms with E-state index in [2.05, 4.69) is 20.5 Å². The lowest BCUT2D eigenvalue weighted by Crippen LogP contribution is -2.12. The molecule has 0 bridgehead atoms. The number of amides is 1. The van der Waals surface area contributed by atoms with E-state index in [1.54, 1.807) is 23.8 Å². The Morgan fingerprint density at radius 3 is 2.95 bits per heavy atom. The first-order valence-corrected chi connectivity index (χ1v) is 8.92. The summed E-state index contributed by atoms with van der Waals surface area (Å²) in [5.41, 5.74) is 0.380. The van der Waals surface area contributed by atoms with Gasteiger partial charge in [-0.1, -0.05) is 17.4 Å². The lowest BCUT2D eigenvalue weighted by Gasteiger charge is -2.02. The number of thiophene rings is 1. The molecule has 1 atom stereocenters. The van der Waals surface area contributed by atoms with Gasteiger partial charge in [0.2, 0.25) is 5.13 Å². The van der Waals surface area contributed by atoms with Crippen LogP contribution < -0.4 is 5.32 Å². The molecule has 0 fully saturated rings. The van der Waals surface area contributed by atoms with E-state index in [-0.39, 0.29) is 12.0 Å². The number of carbonyl (C=O) groups is 1. The normalized spacial score (nSPS) is 12.3. The minimum absolute atomic E-state index is 0.146. The molecule has 114 valence electrons. The lowest BCUT2D eigenvalue weighted by atomic mass is 10.4. The van der Waals surface area contributed by atoms with Gasteiger partial charge >= 0.3 is 0 Å². The zero-order valence-corrected chi connectivity index (χ0v) is 14.2. The van der Waals surface area contributed by atoms with E-state index in [4.69, 9.17) is 4.74 Å².